The number of halogens is 1. The number of nitrogens with zero attached hydrogens (tertiary/aromatic N) is 2. The number of piperazine rings is 1. The lowest BCUT2D eigenvalue weighted by atomic mass is 10.3. The first kappa shape index (κ1) is 13.5. The van der Waals surface area contributed by atoms with Crippen LogP contribution in [-0.2, 0) is 0 Å². The van der Waals surface area contributed by atoms with E-state index in [2.05, 4.69) is 16.8 Å². The molecule has 1 aromatic rings. The van der Waals surface area contributed by atoms with Crippen LogP contribution in [0.15, 0.2) is 18.2 Å². The summed E-state index contributed by atoms with van der Waals surface area (Å²) >= 11 is 6.04. The lowest BCUT2D eigenvalue weighted by molar-refractivity contribution is 0.134. The molecule has 1 aliphatic heterocycles. The Hall–Kier alpha value is -0.970. The number of hydrogen-bond donors (Lipinski definition) is 1. The van der Waals surface area contributed by atoms with Gasteiger partial charge in [0.25, 0.3) is 0 Å². The molecule has 0 spiro atoms. The van der Waals surface area contributed by atoms with Crippen LogP contribution in [0.4, 0.5) is 5.69 Å². The third kappa shape index (κ3) is 3.77. The molecular weight excluding hydrogens is 250 g/mol. The van der Waals surface area contributed by atoms with Crippen LogP contribution in [0.5, 0.6) is 5.75 Å². The maximum Gasteiger partial charge on any atom is 0.138 e. The molecule has 2 rings (SSSR count). The van der Waals surface area contributed by atoms with Crippen LogP contribution in [0.1, 0.15) is 0 Å². The molecule has 4 nitrogen and oxygen atoms in total. The monoisotopic (exact) mass is 269 g/mol. The van der Waals surface area contributed by atoms with E-state index in [0.717, 1.165) is 32.7 Å². The summed E-state index contributed by atoms with van der Waals surface area (Å²) in [7, 11) is 2.15. The molecule has 0 bridgehead atoms. The van der Waals surface area contributed by atoms with E-state index < -0.39 is 0 Å². The molecule has 2 N–H and O–H groups in total. The second-order valence-electron chi connectivity index (χ2n) is 4.68. The van der Waals surface area contributed by atoms with Crippen molar-refractivity contribution < 1.29 is 4.74 Å². The zero-order valence-corrected chi connectivity index (χ0v) is 11.5. The van der Waals surface area contributed by atoms with Crippen molar-refractivity contribution in [2.75, 3.05) is 52.1 Å². The summed E-state index contributed by atoms with van der Waals surface area (Å²) in [6, 6.07) is 5.34. The highest BCUT2D eigenvalue weighted by Gasteiger charge is 2.13. The molecule has 18 heavy (non-hydrogen) atoms. The molecule has 1 fully saturated rings. The van der Waals surface area contributed by atoms with Gasteiger partial charge in [0.1, 0.15) is 12.4 Å². The minimum atomic E-state index is 0.577. The van der Waals surface area contributed by atoms with Gasteiger partial charge >= 0.3 is 0 Å². The first-order chi connectivity index (χ1) is 8.65. The Morgan fingerprint density at radius 3 is 2.67 bits per heavy atom. The quantitative estimate of drug-likeness (QED) is 0.842. The van der Waals surface area contributed by atoms with Gasteiger partial charge in [-0.05, 0) is 25.2 Å². The molecule has 0 aromatic heterocycles. The third-order valence-electron chi connectivity index (χ3n) is 3.22. The zero-order chi connectivity index (χ0) is 13.0. The van der Waals surface area contributed by atoms with Gasteiger partial charge in [-0.25, -0.2) is 0 Å². The molecule has 0 saturated carbocycles. The summed E-state index contributed by atoms with van der Waals surface area (Å²) in [6.45, 7) is 6.07. The minimum absolute atomic E-state index is 0.577. The van der Waals surface area contributed by atoms with Gasteiger partial charge in [-0.15, -0.1) is 0 Å². The molecule has 5 heteroatoms. The Balaban J connectivity index is 1.75. The van der Waals surface area contributed by atoms with Crippen LogP contribution >= 0.6 is 11.6 Å². The number of benzene rings is 1. The lowest BCUT2D eigenvalue weighted by Crippen LogP contribution is -2.45. The van der Waals surface area contributed by atoms with E-state index in [-0.39, 0.29) is 0 Å². The van der Waals surface area contributed by atoms with Crippen LogP contribution in [0.3, 0.4) is 0 Å². The van der Waals surface area contributed by atoms with Crippen LogP contribution in [0, 0.1) is 0 Å². The Kier molecular flexibility index (Phi) is 4.69. The van der Waals surface area contributed by atoms with Gasteiger partial charge in [0.05, 0.1) is 5.02 Å². The predicted octanol–water partition coefficient (Wildman–Crippen LogP) is 1.55. The van der Waals surface area contributed by atoms with Gasteiger partial charge in [0, 0.05) is 38.4 Å². The van der Waals surface area contributed by atoms with Crippen LogP contribution in [-0.4, -0.2) is 56.2 Å². The van der Waals surface area contributed by atoms with E-state index in [1.807, 2.05) is 6.07 Å². The van der Waals surface area contributed by atoms with E-state index in [1.54, 1.807) is 12.1 Å². The van der Waals surface area contributed by atoms with Crippen LogP contribution in [0.2, 0.25) is 5.02 Å². The standard InChI is InChI=1S/C13H20ClN3O/c1-16-4-6-17(7-5-16)8-9-18-13-3-2-11(15)10-12(13)14/h2-3,10H,4-9,15H2,1H3. The fraction of sp³-hybridized carbons (Fsp3) is 0.538. The van der Waals surface area contributed by atoms with Gasteiger partial charge in [0.2, 0.25) is 0 Å². The van der Waals surface area contributed by atoms with Gasteiger partial charge in [-0.2, -0.15) is 0 Å². The Bertz CT molecular complexity index is 392. The number of ether oxygens (including phenoxy) is 1. The molecule has 1 aromatic carbocycles. The Morgan fingerprint density at radius 2 is 2.00 bits per heavy atom. The molecule has 0 atom stereocenters. The first-order valence-corrected chi connectivity index (χ1v) is 6.61. The van der Waals surface area contributed by atoms with E-state index in [0.29, 0.717) is 23.1 Å². The van der Waals surface area contributed by atoms with E-state index in [1.165, 1.54) is 0 Å². The highest BCUT2D eigenvalue weighted by Crippen LogP contribution is 2.26. The van der Waals surface area contributed by atoms with Crippen LogP contribution < -0.4 is 10.5 Å². The van der Waals surface area contributed by atoms with Gasteiger partial charge in [-0.3, -0.25) is 4.90 Å². The Labute approximate surface area is 113 Å². The summed E-state index contributed by atoms with van der Waals surface area (Å²) in [5.41, 5.74) is 6.29. The fourth-order valence-electron chi connectivity index (χ4n) is 1.99. The van der Waals surface area contributed by atoms with E-state index in [9.17, 15) is 0 Å². The first-order valence-electron chi connectivity index (χ1n) is 6.24. The van der Waals surface area contributed by atoms with E-state index in [4.69, 9.17) is 22.1 Å². The fourth-order valence-corrected chi connectivity index (χ4v) is 2.23. The molecule has 1 saturated heterocycles. The molecule has 0 amide bonds. The summed E-state index contributed by atoms with van der Waals surface area (Å²) < 4.78 is 5.68. The van der Waals surface area contributed by atoms with Crippen molar-refractivity contribution in [3.8, 4) is 5.75 Å². The summed E-state index contributed by atoms with van der Waals surface area (Å²) in [5, 5.41) is 0.577. The highest BCUT2D eigenvalue weighted by atomic mass is 35.5. The average molecular weight is 270 g/mol. The van der Waals surface area contributed by atoms with Gasteiger partial charge in [0.15, 0.2) is 0 Å². The minimum Gasteiger partial charge on any atom is -0.491 e. The van der Waals surface area contributed by atoms with Crippen molar-refractivity contribution in [1.82, 2.24) is 9.80 Å². The smallest absolute Gasteiger partial charge is 0.138 e. The van der Waals surface area contributed by atoms with Gasteiger partial charge < -0.3 is 15.4 Å². The van der Waals surface area contributed by atoms with Crippen molar-refractivity contribution in [1.29, 1.82) is 0 Å². The average Bonchev–Trinajstić information content (AvgIpc) is 2.34. The summed E-state index contributed by atoms with van der Waals surface area (Å²) in [5.74, 6) is 0.708. The highest BCUT2D eigenvalue weighted by molar-refractivity contribution is 6.32. The molecule has 0 radical (unpaired) electrons. The maximum absolute atomic E-state index is 6.04. The predicted molar refractivity (Wildman–Crippen MR) is 75.3 cm³/mol. The summed E-state index contributed by atoms with van der Waals surface area (Å²) in [4.78, 5) is 4.75. The second-order valence-corrected chi connectivity index (χ2v) is 5.09. The SMILES string of the molecule is CN1CCN(CCOc2ccc(N)cc2Cl)CC1. The number of rotatable bonds is 4. The molecule has 1 aliphatic rings. The molecular formula is C13H20ClN3O. The molecule has 100 valence electrons. The normalized spacial score (nSPS) is 17.9. The topological polar surface area (TPSA) is 41.7 Å². The van der Waals surface area contributed by atoms with Crippen molar-refractivity contribution in [2.24, 2.45) is 0 Å². The van der Waals surface area contributed by atoms with Crippen molar-refractivity contribution in [2.45, 2.75) is 0 Å². The van der Waals surface area contributed by atoms with E-state index >= 15 is 0 Å². The summed E-state index contributed by atoms with van der Waals surface area (Å²) in [6.07, 6.45) is 0. The third-order valence-corrected chi connectivity index (χ3v) is 3.51. The van der Waals surface area contributed by atoms with Gasteiger partial charge in [-0.1, -0.05) is 11.6 Å². The lowest BCUT2D eigenvalue weighted by Gasteiger charge is -2.32. The van der Waals surface area contributed by atoms with Crippen LogP contribution in [0.25, 0.3) is 0 Å². The number of nitrogens with two attached hydrogens (primary N) is 1. The second kappa shape index (κ2) is 6.27. The Morgan fingerprint density at radius 1 is 1.28 bits per heavy atom. The largest absolute Gasteiger partial charge is 0.491 e. The maximum atomic E-state index is 6.04. The zero-order valence-electron chi connectivity index (χ0n) is 10.7. The van der Waals surface area contributed by atoms with Crippen molar-refractivity contribution in [3.63, 3.8) is 0 Å². The molecule has 0 unspecified atom stereocenters. The van der Waals surface area contributed by atoms with Crippen molar-refractivity contribution in [3.05, 3.63) is 23.2 Å². The molecule has 0 aliphatic carbocycles. The number of likely N-dealkylation sites (N-methyl/N-ethyl adjacent to an activating group) is 1. The van der Waals surface area contributed by atoms with Crippen molar-refractivity contribution >= 4 is 17.3 Å². The number of hydrogen-bond acceptors (Lipinski definition) is 4. The molecule has 1 heterocycles. The number of nitrogen functional groups attached to an aromatic ring is 1. The number of anilines is 1.